The summed E-state index contributed by atoms with van der Waals surface area (Å²) in [4.78, 5) is 21.6. The van der Waals surface area contributed by atoms with E-state index in [0.717, 1.165) is 0 Å². The van der Waals surface area contributed by atoms with E-state index in [4.69, 9.17) is 9.84 Å². The van der Waals surface area contributed by atoms with Gasteiger partial charge in [0.05, 0.1) is 12.5 Å². The summed E-state index contributed by atoms with van der Waals surface area (Å²) >= 11 is 0. The molecule has 6 heteroatoms. The molecule has 0 saturated heterocycles. The topological polar surface area (TPSA) is 87.7 Å². The molecule has 0 aromatic rings. The molecule has 0 aromatic carbocycles. The Balaban J connectivity index is 3.69. The average Bonchev–Trinajstić information content (AvgIpc) is 2.13. The van der Waals surface area contributed by atoms with Crippen molar-refractivity contribution in [3.63, 3.8) is 0 Å². The predicted octanol–water partition coefficient (Wildman–Crippen LogP) is 0.574. The molecule has 2 atom stereocenters. The lowest BCUT2D eigenvalue weighted by atomic mass is 10.2. The fourth-order valence-electron chi connectivity index (χ4n) is 1.17. The predicted molar refractivity (Wildman–Crippen MR) is 59.3 cm³/mol. The zero-order valence-corrected chi connectivity index (χ0v) is 9.95. The van der Waals surface area contributed by atoms with Gasteiger partial charge in [-0.05, 0) is 20.8 Å². The van der Waals surface area contributed by atoms with Crippen molar-refractivity contribution < 1.29 is 19.4 Å². The van der Waals surface area contributed by atoms with Crippen LogP contribution in [-0.4, -0.2) is 42.4 Å². The fourth-order valence-corrected chi connectivity index (χ4v) is 1.17. The summed E-state index contributed by atoms with van der Waals surface area (Å²) < 4.78 is 5.23. The molecule has 0 bridgehead atoms. The first-order valence-electron chi connectivity index (χ1n) is 5.33. The molecule has 0 aliphatic heterocycles. The second kappa shape index (κ2) is 7.92. The molecule has 0 spiro atoms. The van der Waals surface area contributed by atoms with Gasteiger partial charge in [-0.15, -0.1) is 0 Å². The van der Waals surface area contributed by atoms with Gasteiger partial charge in [0.2, 0.25) is 0 Å². The zero-order valence-electron chi connectivity index (χ0n) is 9.95. The highest BCUT2D eigenvalue weighted by Crippen LogP contribution is 1.91. The Bertz CT molecular complexity index is 233. The molecule has 0 aliphatic rings. The lowest BCUT2D eigenvalue weighted by Crippen LogP contribution is -2.44. The number of rotatable bonds is 7. The molecule has 0 heterocycles. The normalized spacial score (nSPS) is 13.9. The number of carbonyl (C=O) groups excluding carboxylic acids is 1. The summed E-state index contributed by atoms with van der Waals surface area (Å²) in [5.41, 5.74) is 0. The summed E-state index contributed by atoms with van der Waals surface area (Å²) in [5, 5.41) is 13.6. The first-order valence-corrected chi connectivity index (χ1v) is 5.33. The monoisotopic (exact) mass is 232 g/mol. The Labute approximate surface area is 95.4 Å². The van der Waals surface area contributed by atoms with Crippen LogP contribution in [-0.2, 0) is 9.53 Å². The highest BCUT2D eigenvalue weighted by Gasteiger charge is 2.11. The Kier molecular flexibility index (Phi) is 7.28. The van der Waals surface area contributed by atoms with Crippen molar-refractivity contribution in [2.45, 2.75) is 39.3 Å². The number of ether oxygens (including phenoxy) is 1. The van der Waals surface area contributed by atoms with E-state index >= 15 is 0 Å². The molecule has 3 N–H and O–H groups in total. The zero-order chi connectivity index (χ0) is 12.6. The van der Waals surface area contributed by atoms with Gasteiger partial charge in [-0.3, -0.25) is 4.79 Å². The SMILES string of the molecule is CCOC(C)CNC(=O)NC(C)CC(=O)O. The van der Waals surface area contributed by atoms with Crippen LogP contribution >= 0.6 is 0 Å². The van der Waals surface area contributed by atoms with Gasteiger partial charge in [0.25, 0.3) is 0 Å². The smallest absolute Gasteiger partial charge is 0.315 e. The second-order valence-electron chi connectivity index (χ2n) is 3.62. The number of hydrogen-bond acceptors (Lipinski definition) is 3. The molecule has 0 fully saturated rings. The van der Waals surface area contributed by atoms with Gasteiger partial charge in [0.15, 0.2) is 0 Å². The summed E-state index contributed by atoms with van der Waals surface area (Å²) in [6, 6.07) is -0.764. The van der Waals surface area contributed by atoms with Crippen LogP contribution in [0.25, 0.3) is 0 Å². The van der Waals surface area contributed by atoms with Crippen molar-refractivity contribution in [3.05, 3.63) is 0 Å². The highest BCUT2D eigenvalue weighted by atomic mass is 16.5. The molecule has 0 radical (unpaired) electrons. The Morgan fingerprint density at radius 2 is 2.00 bits per heavy atom. The second-order valence-corrected chi connectivity index (χ2v) is 3.62. The van der Waals surface area contributed by atoms with Gasteiger partial charge in [-0.2, -0.15) is 0 Å². The first kappa shape index (κ1) is 14.7. The van der Waals surface area contributed by atoms with E-state index in [1.807, 2.05) is 13.8 Å². The van der Waals surface area contributed by atoms with Gasteiger partial charge in [-0.25, -0.2) is 4.79 Å². The van der Waals surface area contributed by atoms with Crippen LogP contribution in [0.15, 0.2) is 0 Å². The molecule has 6 nitrogen and oxygen atoms in total. The van der Waals surface area contributed by atoms with Gasteiger partial charge >= 0.3 is 12.0 Å². The molecule has 0 aromatic heterocycles. The maximum absolute atomic E-state index is 11.3. The van der Waals surface area contributed by atoms with Crippen molar-refractivity contribution in [3.8, 4) is 0 Å². The third kappa shape index (κ3) is 8.05. The molecular formula is C10H20N2O4. The number of carboxylic acid groups (broad SMARTS) is 1. The number of hydrogen-bond donors (Lipinski definition) is 3. The van der Waals surface area contributed by atoms with E-state index in [1.54, 1.807) is 6.92 Å². The Morgan fingerprint density at radius 3 is 2.50 bits per heavy atom. The van der Waals surface area contributed by atoms with Gasteiger partial charge in [0.1, 0.15) is 0 Å². The minimum absolute atomic E-state index is 0.0504. The highest BCUT2D eigenvalue weighted by molar-refractivity contribution is 5.75. The average molecular weight is 232 g/mol. The molecule has 0 saturated carbocycles. The largest absolute Gasteiger partial charge is 0.481 e. The molecular weight excluding hydrogens is 212 g/mol. The summed E-state index contributed by atoms with van der Waals surface area (Å²) in [5.74, 6) is -0.935. The number of nitrogens with one attached hydrogen (secondary N) is 2. The van der Waals surface area contributed by atoms with Crippen molar-refractivity contribution >= 4 is 12.0 Å². The van der Waals surface area contributed by atoms with Crippen LogP contribution in [0, 0.1) is 0 Å². The van der Waals surface area contributed by atoms with Crippen LogP contribution in [0.1, 0.15) is 27.2 Å². The third-order valence-electron chi connectivity index (χ3n) is 1.86. The fraction of sp³-hybridized carbons (Fsp3) is 0.800. The van der Waals surface area contributed by atoms with Crippen LogP contribution < -0.4 is 10.6 Å². The Hall–Kier alpha value is -1.30. The lowest BCUT2D eigenvalue weighted by molar-refractivity contribution is -0.137. The quantitative estimate of drug-likeness (QED) is 0.599. The van der Waals surface area contributed by atoms with Crippen LogP contribution in [0.4, 0.5) is 4.79 Å². The minimum Gasteiger partial charge on any atom is -0.481 e. The maximum atomic E-state index is 11.3. The van der Waals surface area contributed by atoms with Gasteiger partial charge in [-0.1, -0.05) is 0 Å². The van der Waals surface area contributed by atoms with E-state index in [-0.39, 0.29) is 24.6 Å². The molecule has 2 unspecified atom stereocenters. The Morgan fingerprint density at radius 1 is 1.38 bits per heavy atom. The molecule has 0 rings (SSSR count). The number of aliphatic carboxylic acids is 1. The number of carbonyl (C=O) groups is 2. The molecule has 0 aliphatic carbocycles. The molecule has 2 amide bonds. The minimum atomic E-state index is -0.935. The number of carboxylic acids is 1. The standard InChI is InChI=1S/C10H20N2O4/c1-4-16-8(3)6-11-10(15)12-7(2)5-9(13)14/h7-8H,4-6H2,1-3H3,(H,13,14)(H2,11,12,15). The number of amides is 2. The van der Waals surface area contributed by atoms with Crippen LogP contribution in [0.5, 0.6) is 0 Å². The van der Waals surface area contributed by atoms with Crippen molar-refractivity contribution in [1.82, 2.24) is 10.6 Å². The van der Waals surface area contributed by atoms with E-state index in [1.165, 1.54) is 0 Å². The maximum Gasteiger partial charge on any atom is 0.315 e. The van der Waals surface area contributed by atoms with E-state index in [2.05, 4.69) is 10.6 Å². The molecule has 94 valence electrons. The van der Waals surface area contributed by atoms with Crippen LogP contribution in [0.3, 0.4) is 0 Å². The third-order valence-corrected chi connectivity index (χ3v) is 1.86. The van der Waals surface area contributed by atoms with Gasteiger partial charge in [0, 0.05) is 19.2 Å². The summed E-state index contributed by atoms with van der Waals surface area (Å²) in [6.07, 6.45) is -0.139. The van der Waals surface area contributed by atoms with Crippen molar-refractivity contribution in [2.75, 3.05) is 13.2 Å². The van der Waals surface area contributed by atoms with E-state index in [9.17, 15) is 9.59 Å². The van der Waals surface area contributed by atoms with Crippen molar-refractivity contribution in [1.29, 1.82) is 0 Å². The van der Waals surface area contributed by atoms with Gasteiger partial charge < -0.3 is 20.5 Å². The first-order chi connectivity index (χ1) is 7.45. The van der Waals surface area contributed by atoms with Crippen LogP contribution in [0.2, 0.25) is 0 Å². The lowest BCUT2D eigenvalue weighted by Gasteiger charge is -2.15. The van der Waals surface area contributed by atoms with E-state index < -0.39 is 5.97 Å². The van der Waals surface area contributed by atoms with Crippen molar-refractivity contribution in [2.24, 2.45) is 0 Å². The summed E-state index contributed by atoms with van der Waals surface area (Å²) in [6.45, 7) is 6.37. The molecule has 16 heavy (non-hydrogen) atoms. The number of urea groups is 1. The summed E-state index contributed by atoms with van der Waals surface area (Å²) in [7, 11) is 0. The van der Waals surface area contributed by atoms with E-state index in [0.29, 0.717) is 13.2 Å².